The van der Waals surface area contributed by atoms with Gasteiger partial charge in [0.05, 0.1) is 0 Å². The van der Waals surface area contributed by atoms with Gasteiger partial charge in [-0.1, -0.05) is 28.1 Å². The van der Waals surface area contributed by atoms with Crippen LogP contribution in [0.1, 0.15) is 23.6 Å². The Bertz CT molecular complexity index is 297. The minimum absolute atomic E-state index is 0. The first-order valence-corrected chi connectivity index (χ1v) is 5.06. The van der Waals surface area contributed by atoms with Crippen molar-refractivity contribution < 1.29 is 0 Å². The number of rotatable bonds is 1. The quantitative estimate of drug-likeness (QED) is 0.819. The summed E-state index contributed by atoms with van der Waals surface area (Å²) in [4.78, 5) is 0. The molecule has 1 N–H and O–H groups in total. The van der Waals surface area contributed by atoms with E-state index >= 15 is 0 Å². The van der Waals surface area contributed by atoms with E-state index in [2.05, 4.69) is 46.4 Å². The molecule has 0 saturated carbocycles. The Morgan fingerprint density at radius 2 is 2.15 bits per heavy atom. The Labute approximate surface area is 93.5 Å². The molecule has 0 aliphatic carbocycles. The Hall–Kier alpha value is -0.0500. The number of halogens is 2. The van der Waals surface area contributed by atoms with Crippen molar-refractivity contribution in [1.82, 2.24) is 5.32 Å². The van der Waals surface area contributed by atoms with Crippen LogP contribution in [0.15, 0.2) is 22.7 Å². The third-order valence-electron chi connectivity index (χ3n) is 2.42. The van der Waals surface area contributed by atoms with Crippen molar-refractivity contribution in [3.8, 4) is 0 Å². The van der Waals surface area contributed by atoms with E-state index in [0.29, 0.717) is 6.04 Å². The maximum Gasteiger partial charge on any atom is 0.0332 e. The van der Waals surface area contributed by atoms with E-state index in [9.17, 15) is 0 Å². The lowest BCUT2D eigenvalue weighted by Gasteiger charge is -2.28. The summed E-state index contributed by atoms with van der Waals surface area (Å²) >= 11 is 3.54. The third-order valence-corrected chi connectivity index (χ3v) is 3.28. The van der Waals surface area contributed by atoms with E-state index < -0.39 is 0 Å². The van der Waals surface area contributed by atoms with Crippen molar-refractivity contribution in [1.29, 1.82) is 0 Å². The standard InChI is InChI=1S/C10H12BrN.ClH/c1-7-2-3-8(6-9(7)11)10-4-5-12-10;/h2-3,6,10,12H,4-5H2,1H3;1H/t10-;/m1./s1. The highest BCUT2D eigenvalue weighted by Crippen LogP contribution is 2.26. The first kappa shape index (κ1) is 11.0. The van der Waals surface area contributed by atoms with Crippen molar-refractivity contribution in [2.45, 2.75) is 19.4 Å². The van der Waals surface area contributed by atoms with Gasteiger partial charge < -0.3 is 5.32 Å². The van der Waals surface area contributed by atoms with Crippen LogP contribution in [0, 0.1) is 6.92 Å². The van der Waals surface area contributed by atoms with E-state index in [-0.39, 0.29) is 12.4 Å². The number of benzene rings is 1. The second-order valence-corrected chi connectivity index (χ2v) is 4.16. The van der Waals surface area contributed by atoms with Gasteiger partial charge in [-0.3, -0.25) is 0 Å². The highest BCUT2D eigenvalue weighted by Gasteiger charge is 2.18. The van der Waals surface area contributed by atoms with Crippen LogP contribution >= 0.6 is 28.3 Å². The Morgan fingerprint density at radius 3 is 2.62 bits per heavy atom. The van der Waals surface area contributed by atoms with Gasteiger partial charge in [0.15, 0.2) is 0 Å². The number of hydrogen-bond donors (Lipinski definition) is 1. The van der Waals surface area contributed by atoms with Crippen LogP contribution in [0.3, 0.4) is 0 Å². The molecule has 1 saturated heterocycles. The van der Waals surface area contributed by atoms with Gasteiger partial charge in [-0.05, 0) is 37.1 Å². The number of aryl methyl sites for hydroxylation is 1. The Morgan fingerprint density at radius 1 is 1.46 bits per heavy atom. The molecule has 3 heteroatoms. The lowest BCUT2D eigenvalue weighted by Crippen LogP contribution is -2.34. The predicted octanol–water partition coefficient (Wildman–Crippen LogP) is 3.21. The molecule has 1 aromatic carbocycles. The van der Waals surface area contributed by atoms with E-state index in [1.165, 1.54) is 22.0 Å². The fourth-order valence-electron chi connectivity index (χ4n) is 1.40. The fraction of sp³-hybridized carbons (Fsp3) is 0.400. The van der Waals surface area contributed by atoms with Crippen molar-refractivity contribution in [3.63, 3.8) is 0 Å². The first-order valence-electron chi connectivity index (χ1n) is 4.27. The molecule has 1 aliphatic heterocycles. The summed E-state index contributed by atoms with van der Waals surface area (Å²) in [6, 6.07) is 7.18. The summed E-state index contributed by atoms with van der Waals surface area (Å²) in [5, 5.41) is 3.39. The normalized spacial score (nSPS) is 20.3. The zero-order valence-electron chi connectivity index (χ0n) is 7.51. The molecule has 0 unspecified atom stereocenters. The van der Waals surface area contributed by atoms with E-state index in [1.807, 2.05) is 0 Å². The molecule has 0 spiro atoms. The van der Waals surface area contributed by atoms with Crippen LogP contribution in [0.2, 0.25) is 0 Å². The van der Waals surface area contributed by atoms with Gasteiger partial charge >= 0.3 is 0 Å². The summed E-state index contributed by atoms with van der Waals surface area (Å²) in [7, 11) is 0. The van der Waals surface area contributed by atoms with Gasteiger partial charge in [-0.2, -0.15) is 0 Å². The van der Waals surface area contributed by atoms with Crippen molar-refractivity contribution >= 4 is 28.3 Å². The van der Waals surface area contributed by atoms with Crippen LogP contribution < -0.4 is 5.32 Å². The van der Waals surface area contributed by atoms with Gasteiger partial charge in [0.2, 0.25) is 0 Å². The molecule has 1 nitrogen and oxygen atoms in total. The van der Waals surface area contributed by atoms with Gasteiger partial charge in [-0.15, -0.1) is 12.4 Å². The molecule has 1 heterocycles. The Balaban J connectivity index is 0.000000845. The largest absolute Gasteiger partial charge is 0.310 e. The van der Waals surface area contributed by atoms with Crippen LogP contribution in [0.4, 0.5) is 0 Å². The maximum atomic E-state index is 3.54. The summed E-state index contributed by atoms with van der Waals surface area (Å²) in [5.74, 6) is 0. The summed E-state index contributed by atoms with van der Waals surface area (Å²) in [6.45, 7) is 3.28. The zero-order valence-corrected chi connectivity index (χ0v) is 9.91. The first-order chi connectivity index (χ1) is 5.77. The van der Waals surface area contributed by atoms with Gasteiger partial charge in [0.1, 0.15) is 0 Å². The second-order valence-electron chi connectivity index (χ2n) is 3.30. The molecule has 13 heavy (non-hydrogen) atoms. The summed E-state index contributed by atoms with van der Waals surface area (Å²) < 4.78 is 1.22. The average Bonchev–Trinajstić information content (AvgIpc) is 1.93. The summed E-state index contributed by atoms with van der Waals surface area (Å²) in [6.07, 6.45) is 1.27. The minimum atomic E-state index is 0. The third kappa shape index (κ3) is 2.25. The van der Waals surface area contributed by atoms with Crippen molar-refractivity contribution in [2.24, 2.45) is 0 Å². The predicted molar refractivity (Wildman–Crippen MR) is 61.5 cm³/mol. The maximum absolute atomic E-state index is 3.54. The van der Waals surface area contributed by atoms with Crippen LogP contribution in [0.5, 0.6) is 0 Å². The molecule has 1 atom stereocenters. The molecule has 2 rings (SSSR count). The number of hydrogen-bond acceptors (Lipinski definition) is 1. The second kappa shape index (κ2) is 4.45. The van der Waals surface area contributed by atoms with Crippen LogP contribution in [-0.2, 0) is 0 Å². The SMILES string of the molecule is Cc1ccc([C@H]2CCN2)cc1Br.Cl. The van der Waals surface area contributed by atoms with E-state index in [0.717, 1.165) is 6.54 Å². The van der Waals surface area contributed by atoms with Crippen molar-refractivity contribution in [3.05, 3.63) is 33.8 Å². The molecule has 1 aromatic rings. The van der Waals surface area contributed by atoms with Gasteiger partial charge in [-0.25, -0.2) is 0 Å². The van der Waals surface area contributed by atoms with Gasteiger partial charge in [0, 0.05) is 10.5 Å². The zero-order chi connectivity index (χ0) is 8.55. The lowest BCUT2D eigenvalue weighted by atomic mass is 9.97. The van der Waals surface area contributed by atoms with Crippen LogP contribution in [-0.4, -0.2) is 6.54 Å². The topological polar surface area (TPSA) is 12.0 Å². The van der Waals surface area contributed by atoms with E-state index in [1.54, 1.807) is 0 Å². The van der Waals surface area contributed by atoms with E-state index in [4.69, 9.17) is 0 Å². The van der Waals surface area contributed by atoms with Gasteiger partial charge in [0.25, 0.3) is 0 Å². The Kier molecular flexibility index (Phi) is 3.77. The number of nitrogens with one attached hydrogen (secondary N) is 1. The highest BCUT2D eigenvalue weighted by molar-refractivity contribution is 9.10. The molecule has 0 amide bonds. The molecule has 0 radical (unpaired) electrons. The average molecular weight is 263 g/mol. The molecule has 0 aromatic heterocycles. The smallest absolute Gasteiger partial charge is 0.0332 e. The molecular formula is C10H13BrClN. The molecular weight excluding hydrogens is 249 g/mol. The minimum Gasteiger partial charge on any atom is -0.310 e. The molecule has 72 valence electrons. The van der Waals surface area contributed by atoms with Crippen molar-refractivity contribution in [2.75, 3.05) is 6.54 Å². The van der Waals surface area contributed by atoms with Crippen LogP contribution in [0.25, 0.3) is 0 Å². The molecule has 1 aliphatic rings. The fourth-order valence-corrected chi connectivity index (χ4v) is 1.80. The monoisotopic (exact) mass is 261 g/mol. The lowest BCUT2D eigenvalue weighted by molar-refractivity contribution is 0.383. The molecule has 1 fully saturated rings. The molecule has 0 bridgehead atoms. The summed E-state index contributed by atoms with van der Waals surface area (Å²) in [5.41, 5.74) is 2.71. The highest BCUT2D eigenvalue weighted by atomic mass is 79.9.